The molecule has 2 atom stereocenters. The highest BCUT2D eigenvalue weighted by atomic mass is 16.5. The van der Waals surface area contributed by atoms with Crippen LogP contribution in [0, 0.1) is 0 Å². The van der Waals surface area contributed by atoms with E-state index >= 15 is 0 Å². The number of hydrogen-bond donors (Lipinski definition) is 2. The van der Waals surface area contributed by atoms with Gasteiger partial charge in [-0.1, -0.05) is 0 Å². The van der Waals surface area contributed by atoms with Crippen molar-refractivity contribution in [3.05, 3.63) is 0 Å². The molecule has 1 aliphatic rings. The number of urea groups is 1. The van der Waals surface area contributed by atoms with E-state index in [9.17, 15) is 9.59 Å². The lowest BCUT2D eigenvalue weighted by Gasteiger charge is -2.31. The summed E-state index contributed by atoms with van der Waals surface area (Å²) in [7, 11) is 3.08. The van der Waals surface area contributed by atoms with Gasteiger partial charge in [-0.15, -0.1) is 0 Å². The fraction of sp³-hybridized carbons (Fsp3) is 0.818. The van der Waals surface area contributed by atoms with E-state index in [0.29, 0.717) is 19.7 Å². The van der Waals surface area contributed by atoms with Crippen LogP contribution in [0.5, 0.6) is 0 Å². The van der Waals surface area contributed by atoms with Crippen molar-refractivity contribution < 1.29 is 28.9 Å². The Balaban J connectivity index is 2.38. The largest absolute Gasteiger partial charge is 0.479 e. The van der Waals surface area contributed by atoms with E-state index in [0.717, 1.165) is 0 Å². The number of methoxy groups -OCH3 is 2. The van der Waals surface area contributed by atoms with Gasteiger partial charge in [0.15, 0.2) is 6.10 Å². The molecule has 1 rings (SSSR count). The van der Waals surface area contributed by atoms with Gasteiger partial charge in [0.25, 0.3) is 0 Å². The Morgan fingerprint density at radius 3 is 2.84 bits per heavy atom. The van der Waals surface area contributed by atoms with Gasteiger partial charge >= 0.3 is 12.0 Å². The predicted octanol–water partition coefficient (Wildman–Crippen LogP) is -0.857. The van der Waals surface area contributed by atoms with Crippen LogP contribution in [0.4, 0.5) is 4.79 Å². The summed E-state index contributed by atoms with van der Waals surface area (Å²) in [5.41, 5.74) is 0. The molecule has 0 aliphatic carbocycles. The van der Waals surface area contributed by atoms with Gasteiger partial charge in [-0.2, -0.15) is 0 Å². The highest BCUT2D eigenvalue weighted by Crippen LogP contribution is 2.05. The maximum atomic E-state index is 11.9. The Morgan fingerprint density at radius 1 is 1.53 bits per heavy atom. The summed E-state index contributed by atoms with van der Waals surface area (Å²) in [6, 6.07) is -0.326. The number of hydrogen-bond acceptors (Lipinski definition) is 5. The average Bonchev–Trinajstić information content (AvgIpc) is 2.43. The molecule has 1 fully saturated rings. The number of carboxylic acids is 1. The summed E-state index contributed by atoms with van der Waals surface area (Å²) in [4.78, 5) is 24.1. The summed E-state index contributed by atoms with van der Waals surface area (Å²) in [6.07, 6.45) is -1.19. The van der Waals surface area contributed by atoms with E-state index in [4.69, 9.17) is 19.3 Å². The number of rotatable bonds is 6. The Morgan fingerprint density at radius 2 is 2.26 bits per heavy atom. The van der Waals surface area contributed by atoms with Crippen LogP contribution in [0.2, 0.25) is 0 Å². The monoisotopic (exact) mass is 276 g/mol. The SMILES string of the molecule is COCC(CNC(=O)N1CCOC(C(=O)O)C1)OC. The average molecular weight is 276 g/mol. The lowest BCUT2D eigenvalue weighted by Crippen LogP contribution is -2.52. The van der Waals surface area contributed by atoms with Crippen molar-refractivity contribution in [1.29, 1.82) is 0 Å². The number of ether oxygens (including phenoxy) is 3. The molecule has 2 N–H and O–H groups in total. The third-order valence-corrected chi connectivity index (χ3v) is 2.80. The van der Waals surface area contributed by atoms with E-state index in [2.05, 4.69) is 5.32 Å². The molecule has 8 nitrogen and oxygen atoms in total. The lowest BCUT2D eigenvalue weighted by atomic mass is 10.3. The van der Waals surface area contributed by atoms with Gasteiger partial charge in [-0.3, -0.25) is 0 Å². The first-order chi connectivity index (χ1) is 9.08. The zero-order valence-corrected chi connectivity index (χ0v) is 11.1. The van der Waals surface area contributed by atoms with Crippen molar-refractivity contribution in [3.63, 3.8) is 0 Å². The second-order valence-corrected chi connectivity index (χ2v) is 4.14. The third-order valence-electron chi connectivity index (χ3n) is 2.80. The van der Waals surface area contributed by atoms with E-state index in [1.165, 1.54) is 12.0 Å². The molecule has 0 saturated carbocycles. The summed E-state index contributed by atoms with van der Waals surface area (Å²) >= 11 is 0. The minimum Gasteiger partial charge on any atom is -0.479 e. The molecule has 1 saturated heterocycles. The minimum atomic E-state index is -1.06. The maximum Gasteiger partial charge on any atom is 0.334 e. The molecule has 2 amide bonds. The van der Waals surface area contributed by atoms with Crippen LogP contribution >= 0.6 is 0 Å². The van der Waals surface area contributed by atoms with Gasteiger partial charge in [-0.05, 0) is 0 Å². The molecule has 0 aromatic rings. The molecule has 8 heteroatoms. The topological polar surface area (TPSA) is 97.3 Å². The van der Waals surface area contributed by atoms with E-state index < -0.39 is 12.1 Å². The van der Waals surface area contributed by atoms with Crippen molar-refractivity contribution in [1.82, 2.24) is 10.2 Å². The number of morpholine rings is 1. The molecule has 0 bridgehead atoms. The van der Waals surface area contributed by atoms with Crippen LogP contribution in [-0.4, -0.2) is 81.3 Å². The third kappa shape index (κ3) is 5.01. The van der Waals surface area contributed by atoms with Gasteiger partial charge in [0.05, 0.1) is 25.9 Å². The van der Waals surface area contributed by atoms with Crippen LogP contribution in [0.15, 0.2) is 0 Å². The number of carbonyl (C=O) groups is 2. The van der Waals surface area contributed by atoms with Crippen LogP contribution < -0.4 is 5.32 Å². The fourth-order valence-electron chi connectivity index (χ4n) is 1.69. The lowest BCUT2D eigenvalue weighted by molar-refractivity contribution is -0.154. The summed E-state index contributed by atoms with van der Waals surface area (Å²) < 4.78 is 15.1. The van der Waals surface area contributed by atoms with E-state index in [1.807, 2.05) is 0 Å². The molecule has 0 aromatic carbocycles. The Bertz CT molecular complexity index is 312. The zero-order chi connectivity index (χ0) is 14.3. The highest BCUT2D eigenvalue weighted by Gasteiger charge is 2.29. The molecule has 110 valence electrons. The van der Waals surface area contributed by atoms with E-state index in [-0.39, 0.29) is 25.3 Å². The van der Waals surface area contributed by atoms with Gasteiger partial charge in [0, 0.05) is 27.3 Å². The van der Waals surface area contributed by atoms with Gasteiger partial charge in [0.1, 0.15) is 0 Å². The van der Waals surface area contributed by atoms with Crippen molar-refractivity contribution >= 4 is 12.0 Å². The second-order valence-electron chi connectivity index (χ2n) is 4.14. The molecular formula is C11H20N2O6. The molecule has 1 heterocycles. The predicted molar refractivity (Wildman–Crippen MR) is 65.0 cm³/mol. The second kappa shape index (κ2) is 7.93. The molecule has 0 aromatic heterocycles. The first kappa shape index (κ1) is 15.7. The molecule has 19 heavy (non-hydrogen) atoms. The summed E-state index contributed by atoms with van der Waals surface area (Å²) in [5, 5.41) is 11.5. The van der Waals surface area contributed by atoms with E-state index in [1.54, 1.807) is 7.11 Å². The van der Waals surface area contributed by atoms with Crippen LogP contribution in [0.3, 0.4) is 0 Å². The van der Waals surface area contributed by atoms with Crippen LogP contribution in [-0.2, 0) is 19.0 Å². The zero-order valence-electron chi connectivity index (χ0n) is 11.1. The van der Waals surface area contributed by atoms with Crippen LogP contribution in [0.1, 0.15) is 0 Å². The minimum absolute atomic E-state index is 0.0447. The molecular weight excluding hydrogens is 256 g/mol. The van der Waals surface area contributed by atoms with Gasteiger partial charge in [0.2, 0.25) is 0 Å². The van der Waals surface area contributed by atoms with Crippen molar-refractivity contribution in [2.24, 2.45) is 0 Å². The quantitative estimate of drug-likeness (QED) is 0.655. The number of nitrogens with zero attached hydrogens (tertiary/aromatic N) is 1. The molecule has 2 unspecified atom stereocenters. The fourth-order valence-corrected chi connectivity index (χ4v) is 1.69. The van der Waals surface area contributed by atoms with Crippen LogP contribution in [0.25, 0.3) is 0 Å². The maximum absolute atomic E-state index is 11.9. The normalized spacial score (nSPS) is 20.9. The first-order valence-electron chi connectivity index (χ1n) is 5.97. The standard InChI is InChI=1S/C11H20N2O6/c1-17-7-8(18-2)5-12-11(16)13-3-4-19-9(6-13)10(14)15/h8-9H,3-7H2,1-2H3,(H,12,16)(H,14,15). The highest BCUT2D eigenvalue weighted by molar-refractivity contribution is 5.77. The van der Waals surface area contributed by atoms with Gasteiger partial charge in [-0.25, -0.2) is 9.59 Å². The number of amides is 2. The summed E-state index contributed by atoms with van der Waals surface area (Å²) in [6.45, 7) is 1.31. The Kier molecular flexibility index (Phi) is 6.54. The smallest absolute Gasteiger partial charge is 0.334 e. The van der Waals surface area contributed by atoms with Crippen molar-refractivity contribution in [2.45, 2.75) is 12.2 Å². The molecule has 0 radical (unpaired) electrons. The van der Waals surface area contributed by atoms with Crippen molar-refractivity contribution in [3.8, 4) is 0 Å². The van der Waals surface area contributed by atoms with Crippen molar-refractivity contribution in [2.75, 3.05) is 47.1 Å². The number of aliphatic carboxylic acids is 1. The first-order valence-corrected chi connectivity index (χ1v) is 5.97. The Hall–Kier alpha value is -1.38. The summed E-state index contributed by atoms with van der Waals surface area (Å²) in [5.74, 6) is -1.06. The Labute approximate surface area is 111 Å². The number of nitrogens with one attached hydrogen (secondary N) is 1. The molecule has 0 spiro atoms. The van der Waals surface area contributed by atoms with Gasteiger partial charge < -0.3 is 29.5 Å². The molecule has 1 aliphatic heterocycles. The number of carbonyl (C=O) groups excluding carboxylic acids is 1. The number of carboxylic acid groups (broad SMARTS) is 1.